The fourth-order valence-corrected chi connectivity index (χ4v) is 3.08. The average Bonchev–Trinajstić information content (AvgIpc) is 3.24. The van der Waals surface area contributed by atoms with E-state index in [-0.39, 0.29) is 17.2 Å². The Morgan fingerprint density at radius 2 is 2.06 bits per heavy atom. The summed E-state index contributed by atoms with van der Waals surface area (Å²) in [6.45, 7) is 2.31. The van der Waals surface area contributed by atoms with Crippen molar-refractivity contribution >= 4 is 28.9 Å². The summed E-state index contributed by atoms with van der Waals surface area (Å²) in [5.74, 6) is 1.35. The molecule has 1 amide bonds. The van der Waals surface area contributed by atoms with E-state index in [2.05, 4.69) is 36.2 Å². The van der Waals surface area contributed by atoms with Gasteiger partial charge in [0.05, 0.1) is 13.3 Å². The lowest BCUT2D eigenvalue weighted by Crippen LogP contribution is -2.23. The second-order valence-corrected chi connectivity index (χ2v) is 6.59. The third-order valence-corrected chi connectivity index (χ3v) is 4.60. The summed E-state index contributed by atoms with van der Waals surface area (Å²) in [5.41, 5.74) is 0.591. The molecule has 12 heteroatoms. The molecule has 0 aromatic carbocycles. The maximum atomic E-state index is 13.0. The lowest BCUT2D eigenvalue weighted by molar-refractivity contribution is 0.0957. The molecule has 3 N–H and O–H groups in total. The Labute approximate surface area is 182 Å². The standard InChI is InChI=1S/C20H21N9O3/c1-4-22-19(30)12-11-23-29-16(21-2)10-14(25-18(12)29)24-13-6-5-9-28(20(13)31)15-7-8-17(32-3)27-26-15/h5-11,21H,4H2,1-3H3,(H,22,30)(H,24,25). The molecule has 0 bridgehead atoms. The van der Waals surface area contributed by atoms with Crippen LogP contribution in [-0.2, 0) is 0 Å². The zero-order chi connectivity index (χ0) is 22.7. The largest absolute Gasteiger partial charge is 0.480 e. The fourth-order valence-electron chi connectivity index (χ4n) is 3.08. The van der Waals surface area contributed by atoms with Crippen molar-refractivity contribution in [1.82, 2.24) is 34.7 Å². The number of anilines is 3. The van der Waals surface area contributed by atoms with Gasteiger partial charge in [-0.2, -0.15) is 9.61 Å². The highest BCUT2D eigenvalue weighted by molar-refractivity contribution is 6.00. The van der Waals surface area contributed by atoms with Crippen LogP contribution in [0, 0.1) is 0 Å². The van der Waals surface area contributed by atoms with Gasteiger partial charge in [-0.15, -0.1) is 10.2 Å². The van der Waals surface area contributed by atoms with Crippen molar-refractivity contribution in [3.63, 3.8) is 0 Å². The third kappa shape index (κ3) is 3.80. The SMILES string of the molecule is CCNC(=O)c1cnn2c(NC)cc(Nc3cccn(-c4ccc(OC)nn4)c3=O)nc12. The number of methoxy groups -OCH3 is 1. The predicted molar refractivity (Wildman–Crippen MR) is 118 cm³/mol. The van der Waals surface area contributed by atoms with E-state index in [0.717, 1.165) is 0 Å². The number of fused-ring (bicyclic) bond motifs is 1. The summed E-state index contributed by atoms with van der Waals surface area (Å²) in [6.07, 6.45) is 3.04. The first-order chi connectivity index (χ1) is 15.5. The van der Waals surface area contributed by atoms with Gasteiger partial charge in [0.25, 0.3) is 11.5 Å². The predicted octanol–water partition coefficient (Wildman–Crippen LogP) is 1.21. The van der Waals surface area contributed by atoms with Crippen LogP contribution in [0.15, 0.2) is 47.5 Å². The van der Waals surface area contributed by atoms with Crippen LogP contribution in [0.5, 0.6) is 5.88 Å². The Hall–Kier alpha value is -4.48. The van der Waals surface area contributed by atoms with Crippen LogP contribution in [0.25, 0.3) is 11.5 Å². The normalized spacial score (nSPS) is 10.7. The lowest BCUT2D eigenvalue weighted by atomic mass is 10.3. The van der Waals surface area contributed by atoms with Gasteiger partial charge in [-0.1, -0.05) is 0 Å². The van der Waals surface area contributed by atoms with E-state index in [0.29, 0.717) is 41.1 Å². The maximum Gasteiger partial charge on any atom is 0.280 e. The number of nitrogens with one attached hydrogen (secondary N) is 3. The van der Waals surface area contributed by atoms with E-state index < -0.39 is 0 Å². The van der Waals surface area contributed by atoms with E-state index in [4.69, 9.17) is 4.74 Å². The van der Waals surface area contributed by atoms with Gasteiger partial charge in [0.2, 0.25) is 5.88 Å². The molecular formula is C20H21N9O3. The van der Waals surface area contributed by atoms with E-state index >= 15 is 0 Å². The zero-order valence-electron chi connectivity index (χ0n) is 17.7. The van der Waals surface area contributed by atoms with Crippen LogP contribution in [0.3, 0.4) is 0 Å². The summed E-state index contributed by atoms with van der Waals surface area (Å²) >= 11 is 0. The fraction of sp³-hybridized carbons (Fsp3) is 0.200. The van der Waals surface area contributed by atoms with Crippen LogP contribution in [0.1, 0.15) is 17.3 Å². The molecule has 4 aromatic heterocycles. The Kier molecular flexibility index (Phi) is 5.66. The van der Waals surface area contributed by atoms with Crippen molar-refractivity contribution in [2.45, 2.75) is 6.92 Å². The maximum absolute atomic E-state index is 13.0. The molecule has 0 atom stereocenters. The number of hydrogen-bond donors (Lipinski definition) is 3. The van der Waals surface area contributed by atoms with E-state index in [1.54, 1.807) is 43.6 Å². The summed E-state index contributed by atoms with van der Waals surface area (Å²) in [7, 11) is 3.21. The quantitative estimate of drug-likeness (QED) is 0.391. The molecule has 0 radical (unpaired) electrons. The minimum absolute atomic E-state index is 0.267. The molecule has 0 aliphatic carbocycles. The summed E-state index contributed by atoms with van der Waals surface area (Å²) in [5, 5.41) is 20.9. The van der Waals surface area contributed by atoms with E-state index in [9.17, 15) is 9.59 Å². The van der Waals surface area contributed by atoms with Crippen molar-refractivity contribution in [1.29, 1.82) is 0 Å². The van der Waals surface area contributed by atoms with Crippen LogP contribution in [0.2, 0.25) is 0 Å². The van der Waals surface area contributed by atoms with Gasteiger partial charge in [-0.3, -0.25) is 14.2 Å². The molecule has 0 spiro atoms. The molecule has 12 nitrogen and oxygen atoms in total. The smallest absolute Gasteiger partial charge is 0.280 e. The second kappa shape index (κ2) is 8.71. The molecule has 0 saturated heterocycles. The second-order valence-electron chi connectivity index (χ2n) is 6.59. The number of carbonyl (C=O) groups is 1. The van der Waals surface area contributed by atoms with Crippen molar-refractivity contribution in [2.75, 3.05) is 31.3 Å². The zero-order valence-corrected chi connectivity index (χ0v) is 17.7. The molecule has 4 rings (SSSR count). The van der Waals surface area contributed by atoms with Crippen LogP contribution in [-0.4, -0.2) is 56.0 Å². The summed E-state index contributed by atoms with van der Waals surface area (Å²) in [6, 6.07) is 8.26. The molecule has 0 aliphatic rings. The number of ether oxygens (including phenoxy) is 1. The van der Waals surface area contributed by atoms with Gasteiger partial charge >= 0.3 is 0 Å². The minimum Gasteiger partial charge on any atom is -0.480 e. The number of aromatic nitrogens is 6. The molecule has 32 heavy (non-hydrogen) atoms. The van der Waals surface area contributed by atoms with Gasteiger partial charge in [0.15, 0.2) is 11.5 Å². The Balaban J connectivity index is 1.74. The summed E-state index contributed by atoms with van der Waals surface area (Å²) < 4.78 is 7.88. The van der Waals surface area contributed by atoms with Crippen molar-refractivity contribution in [3.8, 4) is 11.7 Å². The van der Waals surface area contributed by atoms with Crippen LogP contribution < -0.4 is 26.2 Å². The number of nitrogens with zero attached hydrogens (tertiary/aromatic N) is 6. The van der Waals surface area contributed by atoms with E-state index in [1.807, 2.05) is 6.92 Å². The summed E-state index contributed by atoms with van der Waals surface area (Å²) in [4.78, 5) is 29.9. The molecule has 0 saturated carbocycles. The number of amides is 1. The monoisotopic (exact) mass is 435 g/mol. The number of pyridine rings is 1. The van der Waals surface area contributed by atoms with Gasteiger partial charge in [-0.25, -0.2) is 4.98 Å². The average molecular weight is 435 g/mol. The number of carbonyl (C=O) groups excluding carboxylic acids is 1. The van der Waals surface area contributed by atoms with Crippen molar-refractivity contribution in [2.24, 2.45) is 0 Å². The molecule has 4 aromatic rings. The van der Waals surface area contributed by atoms with Crippen LogP contribution in [0.4, 0.5) is 17.3 Å². The van der Waals surface area contributed by atoms with Crippen molar-refractivity contribution < 1.29 is 9.53 Å². The van der Waals surface area contributed by atoms with Gasteiger partial charge < -0.3 is 20.7 Å². The topological polar surface area (TPSA) is 140 Å². The number of hydrogen-bond acceptors (Lipinski definition) is 9. The van der Waals surface area contributed by atoms with Crippen LogP contribution >= 0.6 is 0 Å². The molecule has 4 heterocycles. The van der Waals surface area contributed by atoms with E-state index in [1.165, 1.54) is 22.4 Å². The number of rotatable bonds is 7. The molecular weight excluding hydrogens is 414 g/mol. The highest BCUT2D eigenvalue weighted by Crippen LogP contribution is 2.21. The molecule has 0 unspecified atom stereocenters. The van der Waals surface area contributed by atoms with Gasteiger partial charge in [0.1, 0.15) is 22.9 Å². The van der Waals surface area contributed by atoms with Gasteiger partial charge in [-0.05, 0) is 25.1 Å². The first-order valence-electron chi connectivity index (χ1n) is 9.77. The lowest BCUT2D eigenvalue weighted by Gasteiger charge is -2.11. The van der Waals surface area contributed by atoms with Gasteiger partial charge in [0, 0.05) is 31.9 Å². The molecule has 164 valence electrons. The minimum atomic E-state index is -0.350. The first-order valence-corrected chi connectivity index (χ1v) is 9.77. The Bertz CT molecular complexity index is 1330. The molecule has 0 fully saturated rings. The molecule has 0 aliphatic heterocycles. The Morgan fingerprint density at radius 3 is 2.75 bits per heavy atom. The highest BCUT2D eigenvalue weighted by Gasteiger charge is 2.17. The van der Waals surface area contributed by atoms with Crippen molar-refractivity contribution in [3.05, 3.63) is 58.6 Å². The third-order valence-electron chi connectivity index (χ3n) is 4.60. The Morgan fingerprint density at radius 1 is 1.22 bits per heavy atom. The first kappa shape index (κ1) is 20.8. The highest BCUT2D eigenvalue weighted by atomic mass is 16.5.